The molecule has 0 unspecified atom stereocenters. The zero-order valence-corrected chi connectivity index (χ0v) is 9.53. The molecule has 0 amide bonds. The second-order valence-corrected chi connectivity index (χ2v) is 3.60. The number of aliphatic carboxylic acids is 1. The van der Waals surface area contributed by atoms with Crippen LogP contribution >= 0.6 is 0 Å². The van der Waals surface area contributed by atoms with E-state index < -0.39 is 5.97 Å². The minimum absolute atomic E-state index is 0.237. The summed E-state index contributed by atoms with van der Waals surface area (Å²) in [4.78, 5) is 14.4. The fraction of sp³-hybridized carbons (Fsp3) is 0.636. The van der Waals surface area contributed by atoms with Crippen molar-refractivity contribution in [2.24, 2.45) is 0 Å². The zero-order chi connectivity index (χ0) is 11.8. The molecule has 1 rings (SSSR count). The van der Waals surface area contributed by atoms with E-state index in [0.29, 0.717) is 18.9 Å². The van der Waals surface area contributed by atoms with Gasteiger partial charge in [0.2, 0.25) is 5.89 Å². The molecule has 0 radical (unpaired) electrons. The molecule has 5 nitrogen and oxygen atoms in total. The number of nitrogens with zero attached hydrogens (tertiary/aromatic N) is 1. The standard InChI is InChI=1S/C11H18N2O3/c1-2-9-7-13-10(16-9)8-12-6-4-3-5-11(14)15/h7,12H,2-6,8H2,1H3,(H,14,15). The molecule has 16 heavy (non-hydrogen) atoms. The van der Waals surface area contributed by atoms with Crippen LogP contribution < -0.4 is 5.32 Å². The Morgan fingerprint density at radius 1 is 1.56 bits per heavy atom. The Morgan fingerprint density at radius 2 is 2.38 bits per heavy atom. The Kier molecular flexibility index (Phi) is 5.56. The van der Waals surface area contributed by atoms with Crippen molar-refractivity contribution >= 4 is 5.97 Å². The monoisotopic (exact) mass is 226 g/mol. The molecule has 5 heteroatoms. The predicted octanol–water partition coefficient (Wildman–Crippen LogP) is 1.58. The molecule has 0 saturated carbocycles. The molecule has 0 atom stereocenters. The van der Waals surface area contributed by atoms with Gasteiger partial charge in [-0.05, 0) is 19.4 Å². The van der Waals surface area contributed by atoms with Crippen LogP contribution in [0.1, 0.15) is 37.8 Å². The number of unbranched alkanes of at least 4 members (excludes halogenated alkanes) is 1. The van der Waals surface area contributed by atoms with E-state index in [-0.39, 0.29) is 6.42 Å². The maximum atomic E-state index is 10.2. The van der Waals surface area contributed by atoms with Gasteiger partial charge in [0.15, 0.2) is 0 Å². The average Bonchev–Trinajstić information content (AvgIpc) is 2.70. The second-order valence-electron chi connectivity index (χ2n) is 3.60. The van der Waals surface area contributed by atoms with Crippen molar-refractivity contribution in [3.63, 3.8) is 0 Å². The van der Waals surface area contributed by atoms with Crippen LogP contribution in [0.25, 0.3) is 0 Å². The first-order valence-corrected chi connectivity index (χ1v) is 5.58. The van der Waals surface area contributed by atoms with E-state index in [4.69, 9.17) is 9.52 Å². The van der Waals surface area contributed by atoms with Crippen molar-refractivity contribution in [2.45, 2.75) is 39.2 Å². The highest BCUT2D eigenvalue weighted by Crippen LogP contribution is 2.03. The predicted molar refractivity (Wildman–Crippen MR) is 59.1 cm³/mol. The van der Waals surface area contributed by atoms with Gasteiger partial charge < -0.3 is 14.8 Å². The molecule has 2 N–H and O–H groups in total. The van der Waals surface area contributed by atoms with E-state index in [1.807, 2.05) is 6.92 Å². The molecule has 0 aliphatic heterocycles. The Morgan fingerprint density at radius 3 is 3.00 bits per heavy atom. The van der Waals surface area contributed by atoms with E-state index in [1.165, 1.54) is 0 Å². The lowest BCUT2D eigenvalue weighted by Crippen LogP contribution is -2.15. The average molecular weight is 226 g/mol. The van der Waals surface area contributed by atoms with E-state index in [2.05, 4.69) is 10.3 Å². The number of hydrogen-bond acceptors (Lipinski definition) is 4. The minimum atomic E-state index is -0.736. The first kappa shape index (κ1) is 12.7. The molecule has 0 aromatic carbocycles. The summed E-state index contributed by atoms with van der Waals surface area (Å²) < 4.78 is 5.41. The molecule has 1 heterocycles. The maximum absolute atomic E-state index is 10.2. The summed E-state index contributed by atoms with van der Waals surface area (Å²) in [5.74, 6) is 0.845. The van der Waals surface area contributed by atoms with Gasteiger partial charge in [0.1, 0.15) is 5.76 Å². The van der Waals surface area contributed by atoms with Gasteiger partial charge in [0, 0.05) is 12.8 Å². The van der Waals surface area contributed by atoms with Crippen LogP contribution in [0.3, 0.4) is 0 Å². The van der Waals surface area contributed by atoms with Crippen LogP contribution in [0.5, 0.6) is 0 Å². The number of aromatic nitrogens is 1. The summed E-state index contributed by atoms with van der Waals surface area (Å²) in [6.45, 7) is 3.41. The highest BCUT2D eigenvalue weighted by molar-refractivity contribution is 5.66. The van der Waals surface area contributed by atoms with Crippen LogP contribution in [0, 0.1) is 0 Å². The SMILES string of the molecule is CCc1cnc(CNCCCCC(=O)O)o1. The fourth-order valence-corrected chi connectivity index (χ4v) is 1.31. The molecule has 1 aromatic rings. The number of nitrogens with one attached hydrogen (secondary N) is 1. The smallest absolute Gasteiger partial charge is 0.303 e. The second kappa shape index (κ2) is 7.00. The van der Waals surface area contributed by atoms with Gasteiger partial charge in [-0.1, -0.05) is 6.92 Å². The maximum Gasteiger partial charge on any atom is 0.303 e. The molecule has 0 saturated heterocycles. The molecule has 0 spiro atoms. The van der Waals surface area contributed by atoms with Crippen molar-refractivity contribution in [2.75, 3.05) is 6.54 Å². The van der Waals surface area contributed by atoms with Gasteiger partial charge in [0.25, 0.3) is 0 Å². The van der Waals surface area contributed by atoms with Crippen LogP contribution in [0.2, 0.25) is 0 Å². The molecule has 0 bridgehead atoms. The molecule has 90 valence electrons. The quantitative estimate of drug-likeness (QED) is 0.658. The Bertz CT molecular complexity index is 323. The molecule has 1 aromatic heterocycles. The highest BCUT2D eigenvalue weighted by atomic mass is 16.4. The van der Waals surface area contributed by atoms with Crippen LogP contribution in [-0.4, -0.2) is 22.6 Å². The lowest BCUT2D eigenvalue weighted by atomic mass is 10.2. The summed E-state index contributed by atoms with van der Waals surface area (Å²) in [6, 6.07) is 0. The van der Waals surface area contributed by atoms with E-state index in [1.54, 1.807) is 6.20 Å². The van der Waals surface area contributed by atoms with Gasteiger partial charge in [-0.3, -0.25) is 4.79 Å². The number of aryl methyl sites for hydroxylation is 1. The third kappa shape index (κ3) is 4.93. The number of carbonyl (C=O) groups is 1. The number of rotatable bonds is 8. The normalized spacial score (nSPS) is 10.6. The molecule has 0 fully saturated rings. The Hall–Kier alpha value is -1.36. The van der Waals surface area contributed by atoms with Crippen molar-refractivity contribution < 1.29 is 14.3 Å². The summed E-state index contributed by atoms with van der Waals surface area (Å²) in [6.07, 6.45) is 4.38. The number of oxazole rings is 1. The molecular weight excluding hydrogens is 208 g/mol. The lowest BCUT2D eigenvalue weighted by molar-refractivity contribution is -0.137. The van der Waals surface area contributed by atoms with Crippen LogP contribution in [-0.2, 0) is 17.8 Å². The van der Waals surface area contributed by atoms with Gasteiger partial charge in [0.05, 0.1) is 12.7 Å². The van der Waals surface area contributed by atoms with Gasteiger partial charge in [-0.25, -0.2) is 4.98 Å². The van der Waals surface area contributed by atoms with E-state index in [0.717, 1.165) is 25.1 Å². The number of carboxylic acid groups (broad SMARTS) is 1. The largest absolute Gasteiger partial charge is 0.481 e. The first-order chi connectivity index (χ1) is 7.72. The number of carboxylic acids is 1. The molecular formula is C11H18N2O3. The van der Waals surface area contributed by atoms with Crippen molar-refractivity contribution in [1.29, 1.82) is 0 Å². The third-order valence-electron chi connectivity index (χ3n) is 2.22. The topological polar surface area (TPSA) is 75.4 Å². The third-order valence-corrected chi connectivity index (χ3v) is 2.22. The molecule has 0 aliphatic carbocycles. The van der Waals surface area contributed by atoms with E-state index >= 15 is 0 Å². The van der Waals surface area contributed by atoms with E-state index in [9.17, 15) is 4.79 Å². The Labute approximate surface area is 94.9 Å². The van der Waals surface area contributed by atoms with Gasteiger partial charge >= 0.3 is 5.97 Å². The lowest BCUT2D eigenvalue weighted by Gasteiger charge is -2.00. The molecule has 0 aliphatic rings. The minimum Gasteiger partial charge on any atom is -0.481 e. The first-order valence-electron chi connectivity index (χ1n) is 5.58. The summed E-state index contributed by atoms with van der Waals surface area (Å²) >= 11 is 0. The fourth-order valence-electron chi connectivity index (χ4n) is 1.31. The van der Waals surface area contributed by atoms with Gasteiger partial charge in [-0.15, -0.1) is 0 Å². The van der Waals surface area contributed by atoms with Crippen molar-refractivity contribution in [3.8, 4) is 0 Å². The van der Waals surface area contributed by atoms with Crippen molar-refractivity contribution in [1.82, 2.24) is 10.3 Å². The van der Waals surface area contributed by atoms with Crippen LogP contribution in [0.4, 0.5) is 0 Å². The highest BCUT2D eigenvalue weighted by Gasteiger charge is 2.01. The zero-order valence-electron chi connectivity index (χ0n) is 9.53. The summed E-state index contributed by atoms with van der Waals surface area (Å²) in [5.41, 5.74) is 0. The van der Waals surface area contributed by atoms with Crippen molar-refractivity contribution in [3.05, 3.63) is 17.8 Å². The van der Waals surface area contributed by atoms with Gasteiger partial charge in [-0.2, -0.15) is 0 Å². The summed E-state index contributed by atoms with van der Waals surface area (Å²) in [5, 5.41) is 11.6. The van der Waals surface area contributed by atoms with Crippen LogP contribution in [0.15, 0.2) is 10.6 Å². The Balaban J connectivity index is 2.04. The summed E-state index contributed by atoms with van der Waals surface area (Å²) in [7, 11) is 0. The number of hydrogen-bond donors (Lipinski definition) is 2.